The molecular formula is C21H36O3. The fourth-order valence-electron chi connectivity index (χ4n) is 2.68. The van der Waals surface area contributed by atoms with Gasteiger partial charge in [0, 0.05) is 6.61 Å². The van der Waals surface area contributed by atoms with E-state index in [1.54, 1.807) is 0 Å². The van der Waals surface area contributed by atoms with Crippen LogP contribution in [0.5, 0.6) is 0 Å². The minimum atomic E-state index is -0.306. The lowest BCUT2D eigenvalue weighted by atomic mass is 10.0. The molecule has 1 aliphatic rings. The third-order valence-corrected chi connectivity index (χ3v) is 4.68. The summed E-state index contributed by atoms with van der Waals surface area (Å²) < 4.78 is 11.3. The third kappa shape index (κ3) is 9.41. The van der Waals surface area contributed by atoms with E-state index in [1.807, 2.05) is 19.9 Å². The van der Waals surface area contributed by atoms with E-state index in [0.717, 1.165) is 50.7 Å². The summed E-state index contributed by atoms with van der Waals surface area (Å²) in [5.41, 5.74) is 3.78. The second-order valence-corrected chi connectivity index (χ2v) is 6.86. The zero-order chi connectivity index (χ0) is 17.8. The Morgan fingerprint density at radius 2 is 1.92 bits per heavy atom. The first-order chi connectivity index (χ1) is 11.5. The Bertz CT molecular complexity index is 428. The van der Waals surface area contributed by atoms with Crippen LogP contribution in [-0.4, -0.2) is 30.7 Å². The summed E-state index contributed by atoms with van der Waals surface area (Å²) in [6.07, 6.45) is 13.4. The van der Waals surface area contributed by atoms with Gasteiger partial charge in [-0.1, -0.05) is 29.4 Å². The highest BCUT2D eigenvalue weighted by molar-refractivity contribution is 5.07. The van der Waals surface area contributed by atoms with Crippen molar-refractivity contribution in [1.82, 2.24) is 0 Å². The van der Waals surface area contributed by atoms with Crippen LogP contribution >= 0.6 is 0 Å². The predicted octanol–water partition coefficient (Wildman–Crippen LogP) is 5.31. The molecule has 0 aromatic carbocycles. The van der Waals surface area contributed by atoms with Gasteiger partial charge in [0.2, 0.25) is 0 Å². The number of ether oxygens (including phenoxy) is 2. The fourth-order valence-corrected chi connectivity index (χ4v) is 2.68. The Morgan fingerprint density at radius 3 is 2.58 bits per heavy atom. The van der Waals surface area contributed by atoms with E-state index >= 15 is 0 Å². The number of hydrogen-bond donors (Lipinski definition) is 1. The van der Waals surface area contributed by atoms with Crippen LogP contribution in [0.1, 0.15) is 72.6 Å². The van der Waals surface area contributed by atoms with Crippen LogP contribution in [0, 0.1) is 0 Å². The molecule has 0 radical (unpaired) electrons. The van der Waals surface area contributed by atoms with Crippen LogP contribution in [0.15, 0.2) is 34.9 Å². The van der Waals surface area contributed by atoms with Gasteiger partial charge in [-0.05, 0) is 78.2 Å². The Hall–Kier alpha value is -0.900. The zero-order valence-corrected chi connectivity index (χ0v) is 16.0. The molecule has 2 unspecified atom stereocenters. The summed E-state index contributed by atoms with van der Waals surface area (Å²) >= 11 is 0. The van der Waals surface area contributed by atoms with Gasteiger partial charge in [0.1, 0.15) is 0 Å². The highest BCUT2D eigenvalue weighted by atomic mass is 16.7. The van der Waals surface area contributed by atoms with Crippen molar-refractivity contribution in [2.24, 2.45) is 0 Å². The predicted molar refractivity (Wildman–Crippen MR) is 101 cm³/mol. The van der Waals surface area contributed by atoms with Crippen LogP contribution < -0.4 is 0 Å². The highest BCUT2D eigenvalue weighted by Gasteiger charge is 2.12. The van der Waals surface area contributed by atoms with Crippen molar-refractivity contribution in [1.29, 1.82) is 0 Å². The normalized spacial score (nSPS) is 21.9. The quantitative estimate of drug-likeness (QED) is 0.549. The third-order valence-electron chi connectivity index (χ3n) is 4.68. The fraction of sp³-hybridized carbons (Fsp3) is 0.714. The first kappa shape index (κ1) is 21.1. The van der Waals surface area contributed by atoms with E-state index in [1.165, 1.54) is 17.6 Å². The molecule has 1 N–H and O–H groups in total. The van der Waals surface area contributed by atoms with Crippen LogP contribution in [-0.2, 0) is 9.47 Å². The minimum absolute atomic E-state index is 0.00278. The van der Waals surface area contributed by atoms with Crippen molar-refractivity contribution >= 4 is 0 Å². The molecule has 24 heavy (non-hydrogen) atoms. The smallest absolute Gasteiger partial charge is 0.157 e. The summed E-state index contributed by atoms with van der Waals surface area (Å²) in [6, 6.07) is 0. The van der Waals surface area contributed by atoms with Crippen molar-refractivity contribution in [3.8, 4) is 0 Å². The Kier molecular flexibility index (Phi) is 11.0. The number of allylic oxidation sites excluding steroid dienone is 4. The van der Waals surface area contributed by atoms with Crippen LogP contribution in [0.2, 0.25) is 0 Å². The van der Waals surface area contributed by atoms with E-state index < -0.39 is 0 Å². The average Bonchev–Trinajstić information content (AvgIpc) is 2.59. The van der Waals surface area contributed by atoms with Gasteiger partial charge in [0.25, 0.3) is 0 Å². The zero-order valence-electron chi connectivity index (χ0n) is 16.0. The lowest BCUT2D eigenvalue weighted by molar-refractivity contribution is -0.155. The molecular weight excluding hydrogens is 300 g/mol. The van der Waals surface area contributed by atoms with Crippen molar-refractivity contribution in [3.63, 3.8) is 0 Å². The lowest BCUT2D eigenvalue weighted by Crippen LogP contribution is -2.22. The summed E-state index contributed by atoms with van der Waals surface area (Å²) in [5.74, 6) is 0. The maximum atomic E-state index is 9.96. The summed E-state index contributed by atoms with van der Waals surface area (Å²) in [5, 5.41) is 9.96. The first-order valence-electron chi connectivity index (χ1n) is 9.38. The van der Waals surface area contributed by atoms with Gasteiger partial charge >= 0.3 is 0 Å². The molecule has 3 heteroatoms. The summed E-state index contributed by atoms with van der Waals surface area (Å²) in [6.45, 7) is 9.75. The Morgan fingerprint density at radius 1 is 1.17 bits per heavy atom. The molecule has 0 bridgehead atoms. The van der Waals surface area contributed by atoms with E-state index in [-0.39, 0.29) is 12.4 Å². The molecule has 0 aromatic rings. The van der Waals surface area contributed by atoms with Gasteiger partial charge in [-0.3, -0.25) is 0 Å². The van der Waals surface area contributed by atoms with Gasteiger partial charge < -0.3 is 14.6 Å². The average molecular weight is 337 g/mol. The van der Waals surface area contributed by atoms with Crippen LogP contribution in [0.3, 0.4) is 0 Å². The van der Waals surface area contributed by atoms with E-state index in [4.69, 9.17) is 9.47 Å². The second kappa shape index (κ2) is 12.5. The molecule has 2 atom stereocenters. The molecule has 1 heterocycles. The number of aliphatic hydroxyl groups is 1. The second-order valence-electron chi connectivity index (χ2n) is 6.86. The molecule has 0 saturated carbocycles. The number of rotatable bonds is 10. The molecule has 1 rings (SSSR count). The molecule has 0 aromatic heterocycles. The van der Waals surface area contributed by atoms with Crippen molar-refractivity contribution in [3.05, 3.63) is 34.9 Å². The molecule has 138 valence electrons. The van der Waals surface area contributed by atoms with E-state index in [0.29, 0.717) is 6.61 Å². The number of hydrogen-bond acceptors (Lipinski definition) is 3. The van der Waals surface area contributed by atoms with E-state index in [2.05, 4.69) is 26.0 Å². The van der Waals surface area contributed by atoms with Gasteiger partial charge in [0.05, 0.1) is 12.7 Å². The topological polar surface area (TPSA) is 38.7 Å². The van der Waals surface area contributed by atoms with Gasteiger partial charge in [-0.15, -0.1) is 0 Å². The van der Waals surface area contributed by atoms with Crippen LogP contribution in [0.4, 0.5) is 0 Å². The lowest BCUT2D eigenvalue weighted by Gasteiger charge is -2.22. The van der Waals surface area contributed by atoms with Crippen molar-refractivity contribution in [2.75, 3.05) is 13.2 Å². The van der Waals surface area contributed by atoms with Gasteiger partial charge in [-0.25, -0.2) is 0 Å². The van der Waals surface area contributed by atoms with Crippen molar-refractivity contribution < 1.29 is 14.6 Å². The molecule has 1 aliphatic heterocycles. The van der Waals surface area contributed by atoms with Crippen LogP contribution in [0.25, 0.3) is 0 Å². The Labute approximate surface area is 148 Å². The van der Waals surface area contributed by atoms with Gasteiger partial charge in [0.15, 0.2) is 6.29 Å². The Balaban J connectivity index is 2.17. The monoisotopic (exact) mass is 336 g/mol. The largest absolute Gasteiger partial charge is 0.389 e. The highest BCUT2D eigenvalue weighted by Crippen LogP contribution is 2.16. The molecule has 3 nitrogen and oxygen atoms in total. The molecule has 1 saturated heterocycles. The summed E-state index contributed by atoms with van der Waals surface area (Å²) in [4.78, 5) is 0. The van der Waals surface area contributed by atoms with Crippen molar-refractivity contribution in [2.45, 2.75) is 85.0 Å². The minimum Gasteiger partial charge on any atom is -0.389 e. The van der Waals surface area contributed by atoms with Gasteiger partial charge in [-0.2, -0.15) is 0 Å². The standard InChI is InChI=1S/C21H36O3/c1-5-19(4)20(22)13-12-17(2)9-8-10-18(3)14-16-24-21-11-6-7-15-23-21/h5,9,14,20-22H,6-8,10-13,15-16H2,1-4H3. The SMILES string of the molecule is CC=C(C)C(O)CCC(C)=CCCC(C)=CCOC1CCCCO1. The van der Waals surface area contributed by atoms with E-state index in [9.17, 15) is 5.11 Å². The maximum absolute atomic E-state index is 9.96. The number of aliphatic hydroxyl groups excluding tert-OH is 1. The molecule has 0 spiro atoms. The molecule has 1 fully saturated rings. The summed E-state index contributed by atoms with van der Waals surface area (Å²) in [7, 11) is 0. The first-order valence-corrected chi connectivity index (χ1v) is 9.38. The molecule has 0 amide bonds. The molecule has 0 aliphatic carbocycles. The maximum Gasteiger partial charge on any atom is 0.157 e.